The van der Waals surface area contributed by atoms with Gasteiger partial charge in [-0.1, -0.05) is 59.6 Å². The molecule has 0 amide bonds. The zero-order valence-electron chi connectivity index (χ0n) is 23.6. The molecule has 1 unspecified atom stereocenters. The van der Waals surface area contributed by atoms with E-state index in [9.17, 15) is 19.2 Å². The molecule has 0 fully saturated rings. The number of allylic oxidation sites excluding steroid dienone is 4. The maximum absolute atomic E-state index is 10.6. The number of hydrogen-bond acceptors (Lipinski definition) is 4. The fourth-order valence-corrected chi connectivity index (χ4v) is 1.85. The molecule has 0 aromatic rings. The van der Waals surface area contributed by atoms with Crippen molar-refractivity contribution in [2.75, 3.05) is 0 Å². The predicted molar refractivity (Wildman–Crippen MR) is 143 cm³/mol. The van der Waals surface area contributed by atoms with E-state index in [1.165, 1.54) is 0 Å². The topological polar surface area (TPSA) is 68.3 Å². The Kier molecular flexibility index (Phi) is 26.2. The summed E-state index contributed by atoms with van der Waals surface area (Å²) >= 11 is 0. The fraction of sp³-hybridized carbons (Fsp3) is 0.714. The Balaban J connectivity index is -0.0000000754. The van der Waals surface area contributed by atoms with Crippen LogP contribution in [0.5, 0.6) is 0 Å². The minimum absolute atomic E-state index is 0. The van der Waals surface area contributed by atoms with Gasteiger partial charge in [-0.3, -0.25) is 19.2 Å². The van der Waals surface area contributed by atoms with Crippen LogP contribution < -0.4 is 0 Å². The average Bonchev–Trinajstić information content (AvgIpc) is 2.66. The van der Waals surface area contributed by atoms with Crippen molar-refractivity contribution in [2.45, 2.75) is 116 Å². The van der Waals surface area contributed by atoms with Crippen molar-refractivity contribution in [1.29, 1.82) is 0 Å². The first-order chi connectivity index (χ1) is 14.4. The molecule has 4 nitrogen and oxygen atoms in total. The standard InChI is InChI=1S/C7H14O.C7H12O.C7H14O.C7H12O.2H2/c2*1-5(2)6(3)7(4)8;2*1-4-7(8)5-6(2)3;;/h5-6H,1-4H3;1-4H3;6H,4-5H2,1-3H3;5H,4H2,1-3H3;2*1H. The molecule has 0 aliphatic heterocycles. The molecule has 0 saturated carbocycles. The van der Waals surface area contributed by atoms with Crippen molar-refractivity contribution in [3.63, 3.8) is 0 Å². The van der Waals surface area contributed by atoms with Crippen LogP contribution in [0.3, 0.4) is 0 Å². The van der Waals surface area contributed by atoms with Gasteiger partial charge >= 0.3 is 0 Å². The molecule has 0 heterocycles. The van der Waals surface area contributed by atoms with Gasteiger partial charge in [-0.05, 0) is 72.0 Å². The van der Waals surface area contributed by atoms with E-state index in [1.807, 2.05) is 55.4 Å². The van der Waals surface area contributed by atoms with Crippen molar-refractivity contribution in [3.05, 3.63) is 22.8 Å². The third-order valence-electron chi connectivity index (χ3n) is 4.75. The van der Waals surface area contributed by atoms with Crippen LogP contribution in [-0.2, 0) is 19.2 Å². The van der Waals surface area contributed by atoms with Gasteiger partial charge in [0.1, 0.15) is 11.6 Å². The zero-order chi connectivity index (χ0) is 26.6. The van der Waals surface area contributed by atoms with Gasteiger partial charge < -0.3 is 0 Å². The summed E-state index contributed by atoms with van der Waals surface area (Å²) in [5, 5.41) is 0. The minimum atomic E-state index is 0. The molecule has 0 aromatic carbocycles. The summed E-state index contributed by atoms with van der Waals surface area (Å²) in [6.45, 7) is 26.8. The fourth-order valence-electron chi connectivity index (χ4n) is 1.85. The van der Waals surface area contributed by atoms with Crippen LogP contribution in [0.25, 0.3) is 0 Å². The number of Topliss-reactive ketones (excluding diaryl/α,β-unsaturated/α-hetero) is 3. The van der Waals surface area contributed by atoms with E-state index >= 15 is 0 Å². The SMILES string of the molecule is CC(=O)C(C)=C(C)C.CC(=O)C(C)C(C)C.CCC(=O)C=C(C)C.CCC(=O)CC(C)C.[HH].[HH]. The lowest BCUT2D eigenvalue weighted by atomic mass is 9.95. The van der Waals surface area contributed by atoms with E-state index in [4.69, 9.17) is 0 Å². The second-order valence-corrected chi connectivity index (χ2v) is 9.36. The van der Waals surface area contributed by atoms with Gasteiger partial charge in [0.2, 0.25) is 0 Å². The predicted octanol–water partition coefficient (Wildman–Crippen LogP) is 8.23. The molecule has 32 heavy (non-hydrogen) atoms. The van der Waals surface area contributed by atoms with Crippen LogP contribution in [0, 0.1) is 17.8 Å². The van der Waals surface area contributed by atoms with Crippen molar-refractivity contribution in [1.82, 2.24) is 0 Å². The molecule has 0 aliphatic carbocycles. The Bertz CT molecular complexity index is 618. The highest BCUT2D eigenvalue weighted by atomic mass is 16.1. The summed E-state index contributed by atoms with van der Waals surface area (Å²) in [4.78, 5) is 42.3. The molecule has 0 aliphatic rings. The van der Waals surface area contributed by atoms with Crippen molar-refractivity contribution in [3.8, 4) is 0 Å². The van der Waals surface area contributed by atoms with Crippen molar-refractivity contribution < 1.29 is 22.0 Å². The van der Waals surface area contributed by atoms with E-state index in [0.717, 1.165) is 23.1 Å². The maximum Gasteiger partial charge on any atom is 0.155 e. The van der Waals surface area contributed by atoms with Crippen molar-refractivity contribution >= 4 is 23.1 Å². The molecule has 4 heteroatoms. The lowest BCUT2D eigenvalue weighted by Gasteiger charge is -2.09. The van der Waals surface area contributed by atoms with Crippen LogP contribution in [0.1, 0.15) is 119 Å². The van der Waals surface area contributed by atoms with Crippen molar-refractivity contribution in [2.24, 2.45) is 17.8 Å². The first kappa shape index (κ1) is 37.5. The Labute approximate surface area is 202 Å². The van der Waals surface area contributed by atoms with E-state index in [-0.39, 0.29) is 20.3 Å². The number of hydrogen-bond donors (Lipinski definition) is 0. The largest absolute Gasteiger partial charge is 0.300 e. The van der Waals surface area contributed by atoms with Gasteiger partial charge in [-0.2, -0.15) is 0 Å². The molecule has 0 rings (SSSR count). The second kappa shape index (κ2) is 22.4. The minimum Gasteiger partial charge on any atom is -0.300 e. The molecule has 0 N–H and O–H groups in total. The number of rotatable bonds is 8. The quantitative estimate of drug-likeness (QED) is 0.345. The first-order valence-electron chi connectivity index (χ1n) is 11.8. The molecule has 0 saturated heterocycles. The Hall–Kier alpha value is -1.84. The molecule has 0 spiro atoms. The Morgan fingerprint density at radius 2 is 1.19 bits per heavy atom. The normalized spacial score (nSPS) is 10.2. The van der Waals surface area contributed by atoms with E-state index in [1.54, 1.807) is 19.9 Å². The summed E-state index contributed by atoms with van der Waals surface area (Å²) < 4.78 is 0. The summed E-state index contributed by atoms with van der Waals surface area (Å²) in [6, 6.07) is 0. The highest BCUT2D eigenvalue weighted by Gasteiger charge is 2.10. The molecule has 192 valence electrons. The first-order valence-corrected chi connectivity index (χ1v) is 11.8. The highest BCUT2D eigenvalue weighted by molar-refractivity contribution is 5.93. The van der Waals surface area contributed by atoms with Gasteiger partial charge in [0.05, 0.1) is 0 Å². The summed E-state index contributed by atoms with van der Waals surface area (Å²) in [6.07, 6.45) is 3.72. The monoisotopic (exact) mass is 456 g/mol. The lowest BCUT2D eigenvalue weighted by Crippen LogP contribution is -2.12. The van der Waals surface area contributed by atoms with E-state index in [2.05, 4.69) is 27.7 Å². The smallest absolute Gasteiger partial charge is 0.155 e. The lowest BCUT2D eigenvalue weighted by molar-refractivity contribution is -0.121. The van der Waals surface area contributed by atoms with Gasteiger partial charge in [-0.15, -0.1) is 0 Å². The third kappa shape index (κ3) is 30.4. The van der Waals surface area contributed by atoms with Gasteiger partial charge in [0.15, 0.2) is 11.6 Å². The Morgan fingerprint density at radius 3 is 1.25 bits per heavy atom. The van der Waals surface area contributed by atoms with Crippen LogP contribution in [0.15, 0.2) is 22.8 Å². The van der Waals surface area contributed by atoms with E-state index < -0.39 is 0 Å². The summed E-state index contributed by atoms with van der Waals surface area (Å²) in [5.74, 6) is 2.31. The van der Waals surface area contributed by atoms with Crippen LogP contribution >= 0.6 is 0 Å². The molecule has 0 radical (unpaired) electrons. The van der Waals surface area contributed by atoms with Crippen LogP contribution in [-0.4, -0.2) is 23.1 Å². The molecule has 1 atom stereocenters. The second-order valence-electron chi connectivity index (χ2n) is 9.36. The number of carbonyl (C=O) groups is 4. The summed E-state index contributed by atoms with van der Waals surface area (Å²) in [7, 11) is 0. The third-order valence-corrected chi connectivity index (χ3v) is 4.75. The molecular formula is C28H56O4. The number of ketones is 4. The van der Waals surface area contributed by atoms with E-state index in [0.29, 0.717) is 36.2 Å². The number of carbonyl (C=O) groups excluding carboxylic acids is 4. The van der Waals surface area contributed by atoms with Crippen LogP contribution in [0.4, 0.5) is 0 Å². The van der Waals surface area contributed by atoms with Gasteiger partial charge in [0.25, 0.3) is 0 Å². The average molecular weight is 457 g/mol. The maximum atomic E-state index is 10.6. The van der Waals surface area contributed by atoms with Crippen LogP contribution in [0.2, 0.25) is 0 Å². The highest BCUT2D eigenvalue weighted by Crippen LogP contribution is 2.09. The molecular weight excluding hydrogens is 400 g/mol. The zero-order valence-corrected chi connectivity index (χ0v) is 23.6. The Morgan fingerprint density at radius 1 is 0.750 bits per heavy atom. The molecule has 0 bridgehead atoms. The summed E-state index contributed by atoms with van der Waals surface area (Å²) in [5.41, 5.74) is 3.07. The van der Waals surface area contributed by atoms with Gasteiger partial charge in [-0.25, -0.2) is 0 Å². The van der Waals surface area contributed by atoms with Gasteiger partial charge in [0, 0.05) is 28.0 Å². The molecule has 0 aromatic heterocycles.